The van der Waals surface area contributed by atoms with Crippen LogP contribution in [0.3, 0.4) is 0 Å². The van der Waals surface area contributed by atoms with Crippen molar-refractivity contribution in [2.24, 2.45) is 11.3 Å². The molecule has 1 saturated carbocycles. The van der Waals surface area contributed by atoms with Gasteiger partial charge in [0.15, 0.2) is 0 Å². The van der Waals surface area contributed by atoms with Crippen LogP contribution in [-0.2, 0) is 11.2 Å². The summed E-state index contributed by atoms with van der Waals surface area (Å²) in [6, 6.07) is 1.37. The third kappa shape index (κ3) is 3.15. The van der Waals surface area contributed by atoms with E-state index in [2.05, 4.69) is 5.16 Å². The molecule has 4 fully saturated rings. The predicted molar refractivity (Wildman–Crippen MR) is 100 cm³/mol. The number of rotatable bonds is 3. The topological polar surface area (TPSA) is 99.4 Å². The Bertz CT molecular complexity index is 836. The van der Waals surface area contributed by atoms with Gasteiger partial charge < -0.3 is 19.1 Å². The number of piperidine rings is 1. The maximum atomic E-state index is 12.4. The molecule has 4 aliphatic rings. The van der Waals surface area contributed by atoms with Crippen LogP contribution in [0.5, 0.6) is 0 Å². The molecule has 2 atom stereocenters. The Morgan fingerprint density at radius 2 is 2.07 bits per heavy atom. The van der Waals surface area contributed by atoms with Crippen LogP contribution in [0.1, 0.15) is 57.5 Å². The van der Waals surface area contributed by atoms with E-state index in [1.54, 1.807) is 9.80 Å². The SMILES string of the molecule is CC(C)(C)OC(=O)N1CC(Cc2cc([C@@H]3CC4(CC4)[C@@H]4CN3C(=O)N4O)no2)C1. The van der Waals surface area contributed by atoms with Crippen molar-refractivity contribution in [2.75, 3.05) is 19.6 Å². The van der Waals surface area contributed by atoms with Crippen LogP contribution in [0.15, 0.2) is 10.6 Å². The average molecular weight is 404 g/mol. The quantitative estimate of drug-likeness (QED) is 0.778. The number of carbonyl (C=O) groups is 2. The Kier molecular flexibility index (Phi) is 3.94. The minimum absolute atomic E-state index is 0.0308. The van der Waals surface area contributed by atoms with Gasteiger partial charge in [-0.2, -0.15) is 0 Å². The lowest BCUT2D eigenvalue weighted by Crippen LogP contribution is -2.52. The van der Waals surface area contributed by atoms with E-state index in [4.69, 9.17) is 9.26 Å². The predicted octanol–water partition coefficient (Wildman–Crippen LogP) is 2.80. The molecule has 9 heteroatoms. The molecule has 0 aromatic carbocycles. The Hall–Kier alpha value is -2.29. The van der Waals surface area contributed by atoms with Gasteiger partial charge in [0.1, 0.15) is 17.1 Å². The fourth-order valence-corrected chi connectivity index (χ4v) is 4.95. The summed E-state index contributed by atoms with van der Waals surface area (Å²) in [6.07, 6.45) is 3.33. The highest BCUT2D eigenvalue weighted by Gasteiger charge is 2.63. The molecule has 9 nitrogen and oxygen atoms in total. The van der Waals surface area contributed by atoms with E-state index in [1.165, 1.54) is 0 Å². The van der Waals surface area contributed by atoms with Crippen LogP contribution in [0.2, 0.25) is 0 Å². The highest BCUT2D eigenvalue weighted by Crippen LogP contribution is 2.61. The monoisotopic (exact) mass is 404 g/mol. The van der Waals surface area contributed by atoms with E-state index < -0.39 is 5.60 Å². The van der Waals surface area contributed by atoms with Gasteiger partial charge in [0, 0.05) is 38.0 Å². The second kappa shape index (κ2) is 6.10. The summed E-state index contributed by atoms with van der Waals surface area (Å²) < 4.78 is 10.9. The van der Waals surface area contributed by atoms with Gasteiger partial charge in [-0.1, -0.05) is 5.16 Å². The summed E-state index contributed by atoms with van der Waals surface area (Å²) in [7, 11) is 0. The van der Waals surface area contributed by atoms with Crippen molar-refractivity contribution in [3.05, 3.63) is 17.5 Å². The van der Waals surface area contributed by atoms with Crippen molar-refractivity contribution in [3.63, 3.8) is 0 Å². The lowest BCUT2D eigenvalue weighted by atomic mass is 9.84. The van der Waals surface area contributed by atoms with Gasteiger partial charge in [0.25, 0.3) is 0 Å². The molecule has 2 bridgehead atoms. The van der Waals surface area contributed by atoms with Gasteiger partial charge in [0.2, 0.25) is 0 Å². The maximum absolute atomic E-state index is 12.4. The molecule has 3 amide bonds. The van der Waals surface area contributed by atoms with Crippen LogP contribution >= 0.6 is 0 Å². The van der Waals surface area contributed by atoms with E-state index in [0.29, 0.717) is 32.0 Å². The second-order valence-corrected chi connectivity index (χ2v) is 10.1. The molecule has 1 N–H and O–H groups in total. The van der Waals surface area contributed by atoms with E-state index in [9.17, 15) is 14.8 Å². The van der Waals surface area contributed by atoms with Gasteiger partial charge in [-0.25, -0.2) is 14.7 Å². The third-order valence-corrected chi connectivity index (χ3v) is 6.70. The van der Waals surface area contributed by atoms with Crippen LogP contribution in [0.25, 0.3) is 0 Å². The van der Waals surface area contributed by atoms with Gasteiger partial charge in [0.05, 0.1) is 12.1 Å². The van der Waals surface area contributed by atoms with Gasteiger partial charge >= 0.3 is 12.1 Å². The lowest BCUT2D eigenvalue weighted by Gasteiger charge is -2.39. The van der Waals surface area contributed by atoms with Gasteiger partial charge in [-0.05, 0) is 45.4 Å². The van der Waals surface area contributed by atoms with Crippen LogP contribution in [-0.4, -0.2) is 68.6 Å². The molecular weight excluding hydrogens is 376 g/mol. The van der Waals surface area contributed by atoms with Gasteiger partial charge in [-0.3, -0.25) is 5.21 Å². The fraction of sp³-hybridized carbons (Fsp3) is 0.750. The number of hydrogen-bond acceptors (Lipinski definition) is 6. The number of urea groups is 1. The maximum Gasteiger partial charge on any atom is 0.410 e. The molecular formula is C20H28N4O5. The number of nitrogens with zero attached hydrogens (tertiary/aromatic N) is 4. The molecule has 0 unspecified atom stereocenters. The van der Waals surface area contributed by atoms with Crippen LogP contribution in [0, 0.1) is 11.3 Å². The summed E-state index contributed by atoms with van der Waals surface area (Å²) in [6.45, 7) is 7.41. The second-order valence-electron chi connectivity index (χ2n) is 10.1. The zero-order valence-corrected chi connectivity index (χ0v) is 17.1. The normalized spacial score (nSPS) is 28.1. The number of hydrogen-bond donors (Lipinski definition) is 1. The first-order valence-electron chi connectivity index (χ1n) is 10.4. The van der Waals surface area contributed by atoms with Crippen molar-refractivity contribution in [2.45, 2.75) is 64.1 Å². The van der Waals surface area contributed by atoms with Crippen LogP contribution < -0.4 is 0 Å². The standard InChI is InChI=1S/C20H28N4O5/c1-19(2,3)28-18(26)22-9-12(10-22)6-13-7-14(21-29-13)15-8-20(4-5-20)16-11-23(15)17(25)24(16)27/h7,12,15-16,27H,4-6,8-11H2,1-3H3/t15-,16-/m0/s1. The zero-order valence-electron chi connectivity index (χ0n) is 17.1. The molecule has 3 aliphatic heterocycles. The highest BCUT2D eigenvalue weighted by atomic mass is 16.6. The molecule has 1 aromatic heterocycles. The number of likely N-dealkylation sites (tertiary alicyclic amines) is 1. The molecule has 1 aromatic rings. The number of fused-ring (bicyclic) bond motifs is 3. The summed E-state index contributed by atoms with van der Waals surface area (Å²) in [5.41, 5.74) is 0.303. The zero-order chi connectivity index (χ0) is 20.6. The van der Waals surface area contributed by atoms with Crippen molar-refractivity contribution < 1.29 is 24.1 Å². The molecule has 4 heterocycles. The summed E-state index contributed by atoms with van der Waals surface area (Å²) in [5.74, 6) is 1.09. The number of hydroxylamine groups is 2. The minimum Gasteiger partial charge on any atom is -0.444 e. The first-order chi connectivity index (χ1) is 13.7. The van der Waals surface area contributed by atoms with Crippen molar-refractivity contribution in [1.29, 1.82) is 0 Å². The van der Waals surface area contributed by atoms with Gasteiger partial charge in [-0.15, -0.1) is 0 Å². The number of aromatic nitrogens is 1. The molecule has 5 rings (SSSR count). The van der Waals surface area contributed by atoms with Crippen molar-refractivity contribution in [1.82, 2.24) is 20.0 Å². The summed E-state index contributed by atoms with van der Waals surface area (Å²) >= 11 is 0. The highest BCUT2D eigenvalue weighted by molar-refractivity contribution is 5.77. The van der Waals surface area contributed by atoms with Crippen LogP contribution in [0.4, 0.5) is 9.59 Å². The first-order valence-corrected chi connectivity index (χ1v) is 10.4. The van der Waals surface area contributed by atoms with E-state index in [1.807, 2.05) is 26.8 Å². The smallest absolute Gasteiger partial charge is 0.410 e. The third-order valence-electron chi connectivity index (χ3n) is 6.70. The Morgan fingerprint density at radius 1 is 1.34 bits per heavy atom. The van der Waals surface area contributed by atoms with E-state index in [0.717, 1.165) is 35.8 Å². The average Bonchev–Trinajstić information content (AvgIpc) is 3.11. The number of carbonyl (C=O) groups excluding carboxylic acids is 2. The molecule has 1 aliphatic carbocycles. The molecule has 1 spiro atoms. The van der Waals surface area contributed by atoms with Crippen molar-refractivity contribution in [3.8, 4) is 0 Å². The Labute approximate surface area is 169 Å². The number of ether oxygens (including phenoxy) is 1. The Morgan fingerprint density at radius 3 is 2.72 bits per heavy atom. The Balaban J connectivity index is 1.20. The lowest BCUT2D eigenvalue weighted by molar-refractivity contribution is -0.0782. The fourth-order valence-electron chi connectivity index (χ4n) is 4.95. The van der Waals surface area contributed by atoms with E-state index >= 15 is 0 Å². The van der Waals surface area contributed by atoms with Crippen molar-refractivity contribution >= 4 is 12.1 Å². The van der Waals surface area contributed by atoms with E-state index in [-0.39, 0.29) is 29.6 Å². The number of amides is 3. The summed E-state index contributed by atoms with van der Waals surface area (Å²) in [5, 5.41) is 15.3. The minimum atomic E-state index is -0.489. The molecule has 158 valence electrons. The largest absolute Gasteiger partial charge is 0.444 e. The summed E-state index contributed by atoms with van der Waals surface area (Å²) in [4.78, 5) is 27.9. The molecule has 0 radical (unpaired) electrons. The first kappa shape index (κ1) is 18.7. The molecule has 3 saturated heterocycles. The molecule has 29 heavy (non-hydrogen) atoms.